The second-order valence-electron chi connectivity index (χ2n) is 7.68. The quantitative estimate of drug-likeness (QED) is 0.509. The molecule has 0 atom stereocenters. The average molecular weight is 456 g/mol. The monoisotopic (exact) mass is 455 g/mol. The summed E-state index contributed by atoms with van der Waals surface area (Å²) in [6.45, 7) is 6.64. The molecule has 2 heterocycles. The Balaban J connectivity index is 2.00. The number of rotatable bonds is 9. The lowest BCUT2D eigenvalue weighted by molar-refractivity contribution is 0.0986. The molecule has 9 heteroatoms. The molecule has 0 fully saturated rings. The van der Waals surface area contributed by atoms with Gasteiger partial charge in [0, 0.05) is 35.3 Å². The van der Waals surface area contributed by atoms with Crippen molar-refractivity contribution in [3.8, 4) is 10.6 Å². The minimum atomic E-state index is -0.653. The lowest BCUT2D eigenvalue weighted by Crippen LogP contribution is -2.41. The van der Waals surface area contributed by atoms with Crippen LogP contribution in [0.3, 0.4) is 0 Å². The van der Waals surface area contributed by atoms with Crippen LogP contribution >= 0.6 is 11.3 Å². The smallest absolute Gasteiger partial charge is 0.330 e. The largest absolute Gasteiger partial charge is 0.383 e. The van der Waals surface area contributed by atoms with Gasteiger partial charge in [-0.1, -0.05) is 38.8 Å². The number of nitrogens with two attached hydrogens (primary N) is 1. The van der Waals surface area contributed by atoms with Crippen molar-refractivity contribution in [1.29, 1.82) is 0 Å². The number of aromatic nitrogens is 3. The zero-order valence-electron chi connectivity index (χ0n) is 18.7. The summed E-state index contributed by atoms with van der Waals surface area (Å²) < 4.78 is 1.33. The fourth-order valence-corrected chi connectivity index (χ4v) is 4.21. The molecule has 3 N–H and O–H groups in total. The van der Waals surface area contributed by atoms with Gasteiger partial charge in [-0.25, -0.2) is 9.78 Å². The summed E-state index contributed by atoms with van der Waals surface area (Å²) in [5, 5.41) is 2.86. The fourth-order valence-electron chi connectivity index (χ4n) is 3.41. The highest BCUT2D eigenvalue weighted by atomic mass is 32.1. The van der Waals surface area contributed by atoms with Crippen LogP contribution in [0.4, 0.5) is 11.5 Å². The lowest BCUT2D eigenvalue weighted by atomic mass is 10.1. The van der Waals surface area contributed by atoms with Gasteiger partial charge in [0.25, 0.3) is 11.5 Å². The van der Waals surface area contributed by atoms with Crippen molar-refractivity contribution < 1.29 is 4.79 Å². The number of carbonyl (C=O) groups excluding carboxylic acids is 1. The van der Waals surface area contributed by atoms with Crippen LogP contribution in [0.5, 0.6) is 0 Å². The first-order valence-electron chi connectivity index (χ1n) is 10.8. The number of anilines is 2. The van der Waals surface area contributed by atoms with Gasteiger partial charge in [-0.05, 0) is 31.9 Å². The van der Waals surface area contributed by atoms with Gasteiger partial charge in [0.1, 0.15) is 10.8 Å². The Hall–Kier alpha value is -3.20. The van der Waals surface area contributed by atoms with Gasteiger partial charge in [0.2, 0.25) is 0 Å². The Morgan fingerprint density at radius 2 is 1.84 bits per heavy atom. The van der Waals surface area contributed by atoms with Crippen LogP contribution in [0.2, 0.25) is 0 Å². The van der Waals surface area contributed by atoms with Gasteiger partial charge in [-0.15, -0.1) is 11.3 Å². The van der Waals surface area contributed by atoms with Gasteiger partial charge < -0.3 is 10.6 Å². The van der Waals surface area contributed by atoms with Crippen molar-refractivity contribution in [2.45, 2.75) is 53.0 Å². The minimum Gasteiger partial charge on any atom is -0.383 e. The number of unbranched alkanes of at least 4 members (excludes halogenated alkanes) is 2. The van der Waals surface area contributed by atoms with Crippen molar-refractivity contribution in [3.63, 3.8) is 0 Å². The molecular weight excluding hydrogens is 426 g/mol. The molecule has 0 spiro atoms. The Morgan fingerprint density at radius 1 is 1.16 bits per heavy atom. The van der Waals surface area contributed by atoms with Crippen molar-refractivity contribution in [2.75, 3.05) is 17.2 Å². The molecule has 0 aliphatic heterocycles. The third-order valence-electron chi connectivity index (χ3n) is 5.20. The molecule has 1 aromatic carbocycles. The molecule has 170 valence electrons. The SMILES string of the molecule is CCCCN(C(=O)c1ccc(-c2nc(C)cs2)cc1)c1c(N)n(CCCC)c(=O)[nH]c1=O. The number of thiazole rings is 1. The van der Waals surface area contributed by atoms with Crippen LogP contribution in [-0.4, -0.2) is 27.0 Å². The number of benzene rings is 1. The molecule has 2 aromatic heterocycles. The van der Waals surface area contributed by atoms with Crippen LogP contribution in [0.25, 0.3) is 10.6 Å². The van der Waals surface area contributed by atoms with Gasteiger partial charge in [0.05, 0.1) is 0 Å². The van der Waals surface area contributed by atoms with Crippen LogP contribution in [0.15, 0.2) is 39.2 Å². The minimum absolute atomic E-state index is 0.0199. The zero-order chi connectivity index (χ0) is 23.3. The molecule has 3 rings (SSSR count). The normalized spacial score (nSPS) is 11.0. The lowest BCUT2D eigenvalue weighted by Gasteiger charge is -2.24. The number of nitrogens with one attached hydrogen (secondary N) is 1. The number of carbonyl (C=O) groups is 1. The Labute approximate surface area is 190 Å². The molecule has 32 heavy (non-hydrogen) atoms. The molecule has 0 radical (unpaired) electrons. The molecule has 0 unspecified atom stereocenters. The van der Waals surface area contributed by atoms with Crippen LogP contribution < -0.4 is 21.9 Å². The summed E-state index contributed by atoms with van der Waals surface area (Å²) in [6, 6.07) is 7.15. The van der Waals surface area contributed by atoms with Gasteiger partial charge in [0.15, 0.2) is 5.69 Å². The maximum Gasteiger partial charge on any atom is 0.330 e. The number of aryl methyl sites for hydroxylation is 1. The molecule has 3 aromatic rings. The maximum atomic E-state index is 13.4. The van der Waals surface area contributed by atoms with E-state index in [0.717, 1.165) is 35.5 Å². The summed E-state index contributed by atoms with van der Waals surface area (Å²) in [6.07, 6.45) is 3.12. The Morgan fingerprint density at radius 3 is 2.44 bits per heavy atom. The van der Waals surface area contributed by atoms with E-state index in [1.165, 1.54) is 9.47 Å². The van der Waals surface area contributed by atoms with Crippen molar-refractivity contribution in [2.24, 2.45) is 0 Å². The summed E-state index contributed by atoms with van der Waals surface area (Å²) >= 11 is 1.54. The molecule has 0 aliphatic carbocycles. The highest BCUT2D eigenvalue weighted by Crippen LogP contribution is 2.25. The number of aromatic amines is 1. The molecule has 8 nitrogen and oxygen atoms in total. The number of nitrogen functional groups attached to an aromatic ring is 1. The van der Waals surface area contributed by atoms with E-state index in [-0.39, 0.29) is 17.4 Å². The molecule has 0 bridgehead atoms. The van der Waals surface area contributed by atoms with Crippen LogP contribution in [-0.2, 0) is 6.54 Å². The second-order valence-corrected chi connectivity index (χ2v) is 8.54. The predicted octanol–water partition coefficient (Wildman–Crippen LogP) is 3.80. The number of nitrogens with zero attached hydrogens (tertiary/aromatic N) is 3. The van der Waals surface area contributed by atoms with E-state index < -0.39 is 11.2 Å². The van der Waals surface area contributed by atoms with Crippen molar-refractivity contribution >= 4 is 28.7 Å². The average Bonchev–Trinajstić information content (AvgIpc) is 3.21. The Kier molecular flexibility index (Phi) is 7.63. The molecule has 0 saturated heterocycles. The van der Waals surface area contributed by atoms with E-state index in [2.05, 4.69) is 9.97 Å². The summed E-state index contributed by atoms with van der Waals surface area (Å²) in [5.74, 6) is -0.315. The summed E-state index contributed by atoms with van der Waals surface area (Å²) in [7, 11) is 0. The van der Waals surface area contributed by atoms with Gasteiger partial charge in [-0.3, -0.25) is 19.1 Å². The second kappa shape index (κ2) is 10.4. The fraction of sp³-hybridized carbons (Fsp3) is 0.391. The summed E-state index contributed by atoms with van der Waals surface area (Å²) in [4.78, 5) is 46.6. The highest BCUT2D eigenvalue weighted by molar-refractivity contribution is 7.13. The van der Waals surface area contributed by atoms with E-state index in [0.29, 0.717) is 25.1 Å². The standard InChI is InChI=1S/C23H29N5O3S/c1-4-6-12-27(18-19(24)28(13-7-5-2)23(31)26-20(18)29)22(30)17-10-8-16(9-11-17)21-25-15(3)14-32-21/h8-11,14H,4-7,12-13,24H2,1-3H3,(H,26,29,31). The topological polar surface area (TPSA) is 114 Å². The Bertz CT molecular complexity index is 1190. The third-order valence-corrected chi connectivity index (χ3v) is 6.21. The molecule has 1 amide bonds. The number of hydrogen-bond donors (Lipinski definition) is 2. The maximum absolute atomic E-state index is 13.4. The first kappa shape index (κ1) is 23.5. The molecule has 0 aliphatic rings. The van der Waals surface area contributed by atoms with E-state index in [1.54, 1.807) is 23.5 Å². The third kappa shape index (κ3) is 4.99. The number of H-pyrrole nitrogens is 1. The first-order valence-corrected chi connectivity index (χ1v) is 11.7. The van der Waals surface area contributed by atoms with Crippen LogP contribution in [0.1, 0.15) is 55.6 Å². The van der Waals surface area contributed by atoms with Crippen LogP contribution in [0, 0.1) is 6.92 Å². The van der Waals surface area contributed by atoms with Crippen molar-refractivity contribution in [3.05, 3.63) is 61.7 Å². The van der Waals surface area contributed by atoms with Gasteiger partial charge in [-0.2, -0.15) is 0 Å². The first-order chi connectivity index (χ1) is 15.4. The molecule has 0 saturated carbocycles. The number of hydrogen-bond acceptors (Lipinski definition) is 6. The van der Waals surface area contributed by atoms with E-state index in [4.69, 9.17) is 5.73 Å². The van der Waals surface area contributed by atoms with E-state index in [1.807, 2.05) is 38.3 Å². The zero-order valence-corrected chi connectivity index (χ0v) is 19.5. The summed E-state index contributed by atoms with van der Waals surface area (Å²) in [5.41, 5.74) is 7.38. The predicted molar refractivity (Wildman–Crippen MR) is 130 cm³/mol. The van der Waals surface area contributed by atoms with E-state index in [9.17, 15) is 14.4 Å². The van der Waals surface area contributed by atoms with Gasteiger partial charge >= 0.3 is 5.69 Å². The van der Waals surface area contributed by atoms with Crippen molar-refractivity contribution in [1.82, 2.24) is 14.5 Å². The molecular formula is C23H29N5O3S. The number of amides is 1. The van der Waals surface area contributed by atoms with E-state index >= 15 is 0 Å². The highest BCUT2D eigenvalue weighted by Gasteiger charge is 2.25.